The standard InChI is InChI=1S/C12H15BrN2/c1-8-11(13)6-7-12(14-8)15-9-2-3-10(15)5-4-9/h6-7,9-10H,2-5H2,1H3. The molecule has 3 heteroatoms. The lowest BCUT2D eigenvalue weighted by Crippen LogP contribution is -2.28. The molecule has 0 N–H and O–H groups in total. The second-order valence-electron chi connectivity index (χ2n) is 4.61. The van der Waals surface area contributed by atoms with Crippen molar-refractivity contribution < 1.29 is 0 Å². The van der Waals surface area contributed by atoms with Gasteiger partial charge in [0, 0.05) is 16.6 Å². The summed E-state index contributed by atoms with van der Waals surface area (Å²) in [6, 6.07) is 5.80. The Kier molecular flexibility index (Phi) is 2.23. The maximum atomic E-state index is 4.67. The number of pyridine rings is 1. The van der Waals surface area contributed by atoms with E-state index in [9.17, 15) is 0 Å². The summed E-state index contributed by atoms with van der Waals surface area (Å²) in [5.74, 6) is 1.18. The zero-order valence-electron chi connectivity index (χ0n) is 8.91. The highest BCUT2D eigenvalue weighted by atomic mass is 79.9. The molecule has 2 aliphatic heterocycles. The van der Waals surface area contributed by atoms with Crippen LogP contribution < -0.4 is 4.90 Å². The van der Waals surface area contributed by atoms with Crippen LogP contribution in [-0.4, -0.2) is 17.1 Å². The van der Waals surface area contributed by atoms with Crippen molar-refractivity contribution in [2.45, 2.75) is 44.7 Å². The minimum absolute atomic E-state index is 0.767. The number of aromatic nitrogens is 1. The molecule has 2 bridgehead atoms. The number of rotatable bonds is 1. The van der Waals surface area contributed by atoms with Gasteiger partial charge in [-0.05, 0) is 60.7 Å². The number of hydrogen-bond donors (Lipinski definition) is 0. The normalized spacial score (nSPS) is 28.8. The number of fused-ring (bicyclic) bond motifs is 2. The SMILES string of the molecule is Cc1nc(N2C3CCC2CC3)ccc1Br. The number of halogens is 1. The van der Waals surface area contributed by atoms with Gasteiger partial charge in [-0.15, -0.1) is 0 Å². The van der Waals surface area contributed by atoms with Gasteiger partial charge in [-0.2, -0.15) is 0 Å². The van der Waals surface area contributed by atoms with Crippen LogP contribution in [0.2, 0.25) is 0 Å². The van der Waals surface area contributed by atoms with Crippen molar-refractivity contribution in [2.24, 2.45) is 0 Å². The molecular weight excluding hydrogens is 252 g/mol. The predicted molar refractivity (Wildman–Crippen MR) is 65.2 cm³/mol. The molecule has 1 aromatic rings. The number of anilines is 1. The smallest absolute Gasteiger partial charge is 0.129 e. The average molecular weight is 267 g/mol. The third kappa shape index (κ3) is 1.48. The Morgan fingerprint density at radius 2 is 1.80 bits per heavy atom. The molecule has 0 spiro atoms. The summed E-state index contributed by atoms with van der Waals surface area (Å²) in [6.07, 6.45) is 5.45. The summed E-state index contributed by atoms with van der Waals surface area (Å²) in [5, 5.41) is 0. The molecular formula is C12H15BrN2. The average Bonchev–Trinajstić information content (AvgIpc) is 2.81. The lowest BCUT2D eigenvalue weighted by molar-refractivity contribution is 0.576. The van der Waals surface area contributed by atoms with Crippen LogP contribution >= 0.6 is 15.9 Å². The van der Waals surface area contributed by atoms with Crippen LogP contribution in [0.15, 0.2) is 16.6 Å². The fraction of sp³-hybridized carbons (Fsp3) is 0.583. The molecule has 1 aromatic heterocycles. The number of aryl methyl sites for hydroxylation is 1. The molecule has 2 aliphatic rings. The van der Waals surface area contributed by atoms with Crippen molar-refractivity contribution >= 4 is 21.7 Å². The molecule has 15 heavy (non-hydrogen) atoms. The third-order valence-electron chi connectivity index (χ3n) is 3.72. The van der Waals surface area contributed by atoms with E-state index in [1.54, 1.807) is 0 Å². The molecule has 3 rings (SSSR count). The third-order valence-corrected chi connectivity index (χ3v) is 4.56. The highest BCUT2D eigenvalue weighted by Gasteiger charge is 2.39. The van der Waals surface area contributed by atoms with Crippen LogP contribution in [0, 0.1) is 6.92 Å². The van der Waals surface area contributed by atoms with Crippen LogP contribution in [0.25, 0.3) is 0 Å². The molecule has 2 saturated heterocycles. The molecule has 0 saturated carbocycles. The summed E-state index contributed by atoms with van der Waals surface area (Å²) in [6.45, 7) is 2.06. The summed E-state index contributed by atoms with van der Waals surface area (Å²) in [5.41, 5.74) is 1.10. The summed E-state index contributed by atoms with van der Waals surface area (Å²) >= 11 is 3.50. The van der Waals surface area contributed by atoms with Crippen LogP contribution in [0.4, 0.5) is 5.82 Å². The van der Waals surface area contributed by atoms with E-state index in [1.165, 1.54) is 31.5 Å². The van der Waals surface area contributed by atoms with E-state index < -0.39 is 0 Å². The maximum Gasteiger partial charge on any atom is 0.129 e. The lowest BCUT2D eigenvalue weighted by atomic mass is 10.0. The van der Waals surface area contributed by atoms with Crippen molar-refractivity contribution in [3.63, 3.8) is 0 Å². The molecule has 2 nitrogen and oxygen atoms in total. The van der Waals surface area contributed by atoms with Crippen LogP contribution in [-0.2, 0) is 0 Å². The van der Waals surface area contributed by atoms with Crippen molar-refractivity contribution in [3.05, 3.63) is 22.3 Å². The van der Waals surface area contributed by atoms with Crippen molar-refractivity contribution in [2.75, 3.05) is 4.90 Å². The van der Waals surface area contributed by atoms with Gasteiger partial charge in [-0.1, -0.05) is 0 Å². The van der Waals surface area contributed by atoms with E-state index in [1.807, 2.05) is 0 Å². The van der Waals surface area contributed by atoms with Crippen molar-refractivity contribution in [1.82, 2.24) is 4.98 Å². The molecule has 0 aromatic carbocycles. The molecule has 0 aliphatic carbocycles. The van der Waals surface area contributed by atoms with Gasteiger partial charge >= 0.3 is 0 Å². The number of hydrogen-bond acceptors (Lipinski definition) is 2. The Hall–Kier alpha value is -0.570. The van der Waals surface area contributed by atoms with Crippen LogP contribution in [0.5, 0.6) is 0 Å². The van der Waals surface area contributed by atoms with Gasteiger partial charge in [-0.3, -0.25) is 0 Å². The van der Waals surface area contributed by atoms with Gasteiger partial charge in [0.2, 0.25) is 0 Å². The summed E-state index contributed by atoms with van der Waals surface area (Å²) in [4.78, 5) is 7.22. The van der Waals surface area contributed by atoms with E-state index in [0.717, 1.165) is 22.3 Å². The van der Waals surface area contributed by atoms with E-state index >= 15 is 0 Å². The van der Waals surface area contributed by atoms with Gasteiger partial charge < -0.3 is 4.90 Å². The Bertz CT molecular complexity index is 371. The Balaban J connectivity index is 1.96. The molecule has 80 valence electrons. The molecule has 0 unspecified atom stereocenters. The summed E-state index contributed by atoms with van der Waals surface area (Å²) < 4.78 is 1.11. The Morgan fingerprint density at radius 1 is 1.20 bits per heavy atom. The van der Waals surface area contributed by atoms with Gasteiger partial charge in [0.15, 0.2) is 0 Å². The maximum absolute atomic E-state index is 4.67. The number of nitrogens with zero attached hydrogens (tertiary/aromatic N) is 2. The molecule has 0 atom stereocenters. The lowest BCUT2D eigenvalue weighted by Gasteiger charge is -2.23. The Labute approximate surface area is 98.8 Å². The second kappa shape index (κ2) is 3.48. The van der Waals surface area contributed by atoms with Crippen molar-refractivity contribution in [1.29, 1.82) is 0 Å². The van der Waals surface area contributed by atoms with Crippen LogP contribution in [0.1, 0.15) is 31.4 Å². The quantitative estimate of drug-likeness (QED) is 0.776. The first-order chi connectivity index (χ1) is 7.25. The van der Waals surface area contributed by atoms with Crippen molar-refractivity contribution in [3.8, 4) is 0 Å². The van der Waals surface area contributed by atoms with Gasteiger partial charge in [0.05, 0.1) is 5.69 Å². The molecule has 2 fully saturated rings. The first kappa shape index (κ1) is 9.64. The topological polar surface area (TPSA) is 16.1 Å². The van der Waals surface area contributed by atoms with E-state index in [-0.39, 0.29) is 0 Å². The van der Waals surface area contributed by atoms with Gasteiger partial charge in [0.1, 0.15) is 5.82 Å². The van der Waals surface area contributed by atoms with Gasteiger partial charge in [0.25, 0.3) is 0 Å². The zero-order chi connectivity index (χ0) is 10.4. The minimum atomic E-state index is 0.767. The fourth-order valence-corrected chi connectivity index (χ4v) is 3.18. The van der Waals surface area contributed by atoms with Gasteiger partial charge in [-0.25, -0.2) is 4.98 Å². The first-order valence-corrected chi connectivity index (χ1v) is 6.46. The molecule has 0 amide bonds. The van der Waals surface area contributed by atoms with E-state index in [2.05, 4.69) is 44.9 Å². The molecule has 3 heterocycles. The fourth-order valence-electron chi connectivity index (χ4n) is 2.96. The van der Waals surface area contributed by atoms with E-state index in [4.69, 9.17) is 0 Å². The molecule has 0 radical (unpaired) electrons. The highest BCUT2D eigenvalue weighted by molar-refractivity contribution is 9.10. The highest BCUT2D eigenvalue weighted by Crippen LogP contribution is 2.40. The Morgan fingerprint density at radius 3 is 2.33 bits per heavy atom. The monoisotopic (exact) mass is 266 g/mol. The first-order valence-electron chi connectivity index (χ1n) is 5.67. The predicted octanol–water partition coefficient (Wildman–Crippen LogP) is 3.28. The summed E-state index contributed by atoms with van der Waals surface area (Å²) in [7, 11) is 0. The van der Waals surface area contributed by atoms with Crippen LogP contribution in [0.3, 0.4) is 0 Å². The minimum Gasteiger partial charge on any atom is -0.351 e. The largest absolute Gasteiger partial charge is 0.351 e. The zero-order valence-corrected chi connectivity index (χ0v) is 10.5. The second-order valence-corrected chi connectivity index (χ2v) is 5.46. The van der Waals surface area contributed by atoms with E-state index in [0.29, 0.717) is 0 Å².